The van der Waals surface area contributed by atoms with E-state index in [1.807, 2.05) is 0 Å². The fourth-order valence-electron chi connectivity index (χ4n) is 3.11. The number of nitrogens with zero attached hydrogens (tertiary/aromatic N) is 2. The Morgan fingerprint density at radius 1 is 1.39 bits per heavy atom. The molecular weight excluding hydrogens is 318 g/mol. The van der Waals surface area contributed by atoms with Gasteiger partial charge in [0.05, 0.1) is 10.4 Å². The molecule has 1 aliphatic rings. The summed E-state index contributed by atoms with van der Waals surface area (Å²) in [4.78, 5) is 13.9. The molecule has 0 aliphatic carbocycles. The van der Waals surface area contributed by atoms with Gasteiger partial charge in [-0.2, -0.15) is 0 Å². The van der Waals surface area contributed by atoms with Gasteiger partial charge in [-0.15, -0.1) is 0 Å². The van der Waals surface area contributed by atoms with Crippen LogP contribution in [0.25, 0.3) is 11.1 Å². The van der Waals surface area contributed by atoms with Crippen LogP contribution in [0.2, 0.25) is 0 Å². The zero-order chi connectivity index (χ0) is 16.6. The van der Waals surface area contributed by atoms with Gasteiger partial charge in [-0.1, -0.05) is 6.92 Å². The fraction of sp³-hybridized carbons (Fsp3) is 0.533. The summed E-state index contributed by atoms with van der Waals surface area (Å²) in [5, 5.41) is 0. The van der Waals surface area contributed by atoms with Crippen LogP contribution in [0.3, 0.4) is 0 Å². The summed E-state index contributed by atoms with van der Waals surface area (Å²) in [7, 11) is -2.04. The van der Waals surface area contributed by atoms with Crippen molar-refractivity contribution in [3.8, 4) is 0 Å². The topological polar surface area (TPSA) is 84.6 Å². The van der Waals surface area contributed by atoms with Gasteiger partial charge in [0.1, 0.15) is 0 Å². The van der Waals surface area contributed by atoms with Crippen LogP contribution in [0.4, 0.5) is 0 Å². The van der Waals surface area contributed by atoms with Gasteiger partial charge in [0.25, 0.3) is 0 Å². The van der Waals surface area contributed by atoms with Gasteiger partial charge in [-0.05, 0) is 38.1 Å². The minimum atomic E-state index is -3.62. The number of oxazole rings is 1. The van der Waals surface area contributed by atoms with E-state index in [4.69, 9.17) is 4.42 Å². The van der Waals surface area contributed by atoms with Crippen LogP contribution in [-0.4, -0.2) is 43.6 Å². The van der Waals surface area contributed by atoms with Crippen molar-refractivity contribution in [1.82, 2.24) is 14.2 Å². The second kappa shape index (κ2) is 6.10. The van der Waals surface area contributed by atoms with Crippen molar-refractivity contribution in [3.05, 3.63) is 28.7 Å². The van der Waals surface area contributed by atoms with Crippen LogP contribution < -0.4 is 10.5 Å². The molecule has 1 aromatic carbocycles. The van der Waals surface area contributed by atoms with Gasteiger partial charge in [-0.25, -0.2) is 17.9 Å². The largest absolute Gasteiger partial charge is 0.419 e. The number of aryl methyl sites for hydroxylation is 1. The molecule has 1 aromatic heterocycles. The highest BCUT2D eigenvalue weighted by Crippen LogP contribution is 2.19. The molecule has 0 amide bonds. The van der Waals surface area contributed by atoms with Gasteiger partial charge in [0.15, 0.2) is 5.58 Å². The molecule has 0 bridgehead atoms. The molecule has 3 rings (SSSR count). The number of rotatable bonds is 5. The highest BCUT2D eigenvalue weighted by molar-refractivity contribution is 7.89. The lowest BCUT2D eigenvalue weighted by Gasteiger charge is -2.22. The summed E-state index contributed by atoms with van der Waals surface area (Å²) in [6.07, 6.45) is 2.10. The normalized spacial score (nSPS) is 19.7. The van der Waals surface area contributed by atoms with E-state index in [1.54, 1.807) is 13.1 Å². The van der Waals surface area contributed by atoms with Crippen molar-refractivity contribution < 1.29 is 12.8 Å². The molecule has 1 atom stereocenters. The first-order valence-corrected chi connectivity index (χ1v) is 9.24. The van der Waals surface area contributed by atoms with E-state index >= 15 is 0 Å². The Hall–Kier alpha value is -1.64. The molecule has 1 N–H and O–H groups in total. The third-order valence-electron chi connectivity index (χ3n) is 4.49. The van der Waals surface area contributed by atoms with Crippen LogP contribution in [-0.2, 0) is 17.1 Å². The molecule has 1 unspecified atom stereocenters. The van der Waals surface area contributed by atoms with Crippen molar-refractivity contribution in [2.24, 2.45) is 7.05 Å². The number of hydrogen-bond acceptors (Lipinski definition) is 5. The Morgan fingerprint density at radius 2 is 2.17 bits per heavy atom. The monoisotopic (exact) mass is 339 g/mol. The average molecular weight is 339 g/mol. The quantitative estimate of drug-likeness (QED) is 0.875. The van der Waals surface area contributed by atoms with E-state index < -0.39 is 15.8 Å². The number of likely N-dealkylation sites (tertiary alicyclic amines) is 1. The number of sulfonamides is 1. The Morgan fingerprint density at radius 3 is 2.91 bits per heavy atom. The van der Waals surface area contributed by atoms with Gasteiger partial charge in [-0.3, -0.25) is 9.47 Å². The van der Waals surface area contributed by atoms with Gasteiger partial charge in [0, 0.05) is 25.7 Å². The Labute approximate surface area is 134 Å². The molecule has 1 fully saturated rings. The molecular formula is C15H21N3O4S. The standard InChI is InChI=1S/C15H21N3O4S/c1-3-18-8-4-5-11(18)10-16-23(20,21)12-6-7-13-14(9-12)22-15(19)17(13)2/h6-7,9,11,16H,3-5,8,10H2,1-2H3. The van der Waals surface area contributed by atoms with Crippen molar-refractivity contribution in [2.75, 3.05) is 19.6 Å². The zero-order valence-corrected chi connectivity index (χ0v) is 14.1. The minimum absolute atomic E-state index is 0.111. The van der Waals surface area contributed by atoms with E-state index in [0.29, 0.717) is 12.1 Å². The van der Waals surface area contributed by atoms with Crippen molar-refractivity contribution in [1.29, 1.82) is 0 Å². The Kier molecular flexibility index (Phi) is 4.31. The minimum Gasteiger partial charge on any atom is -0.408 e. The van der Waals surface area contributed by atoms with Gasteiger partial charge in [0.2, 0.25) is 10.0 Å². The van der Waals surface area contributed by atoms with E-state index in [0.717, 1.165) is 25.9 Å². The number of aromatic nitrogens is 1. The summed E-state index contributed by atoms with van der Waals surface area (Å²) in [5.41, 5.74) is 0.846. The first-order chi connectivity index (χ1) is 10.9. The van der Waals surface area contributed by atoms with E-state index in [2.05, 4.69) is 16.5 Å². The third kappa shape index (κ3) is 3.06. The highest BCUT2D eigenvalue weighted by atomic mass is 32.2. The maximum atomic E-state index is 12.5. The highest BCUT2D eigenvalue weighted by Gasteiger charge is 2.25. The number of benzene rings is 1. The lowest BCUT2D eigenvalue weighted by molar-refractivity contribution is 0.268. The second-order valence-corrected chi connectivity index (χ2v) is 7.60. The Bertz CT molecular complexity index is 868. The smallest absolute Gasteiger partial charge is 0.408 e. The molecule has 0 radical (unpaired) electrons. The maximum Gasteiger partial charge on any atom is 0.419 e. The average Bonchev–Trinajstić information content (AvgIpc) is 3.10. The molecule has 7 nitrogen and oxygen atoms in total. The first kappa shape index (κ1) is 16.2. The zero-order valence-electron chi connectivity index (χ0n) is 13.3. The number of nitrogens with one attached hydrogen (secondary N) is 1. The first-order valence-electron chi connectivity index (χ1n) is 7.75. The molecule has 2 heterocycles. The van der Waals surface area contributed by atoms with E-state index in [9.17, 15) is 13.2 Å². The van der Waals surface area contributed by atoms with Crippen LogP contribution in [0.5, 0.6) is 0 Å². The summed E-state index contributed by atoms with van der Waals surface area (Å²) < 4.78 is 34.0. The molecule has 0 spiro atoms. The SMILES string of the molecule is CCN1CCCC1CNS(=O)(=O)c1ccc2c(c1)oc(=O)n2C. The number of hydrogen-bond donors (Lipinski definition) is 1. The fourth-order valence-corrected chi connectivity index (χ4v) is 4.20. The van der Waals surface area contributed by atoms with E-state index in [-0.39, 0.29) is 16.5 Å². The molecule has 8 heteroatoms. The third-order valence-corrected chi connectivity index (χ3v) is 5.91. The van der Waals surface area contributed by atoms with Crippen molar-refractivity contribution in [2.45, 2.75) is 30.7 Å². The summed E-state index contributed by atoms with van der Waals surface area (Å²) in [6, 6.07) is 4.72. The molecule has 126 valence electrons. The maximum absolute atomic E-state index is 12.5. The molecule has 23 heavy (non-hydrogen) atoms. The number of likely N-dealkylation sites (N-methyl/N-ethyl adjacent to an activating group) is 1. The molecule has 1 saturated heterocycles. The predicted octanol–water partition coefficient (Wildman–Crippen LogP) is 0.894. The Balaban J connectivity index is 1.80. The summed E-state index contributed by atoms with van der Waals surface area (Å²) in [6.45, 7) is 4.42. The molecule has 0 saturated carbocycles. The van der Waals surface area contributed by atoms with Crippen LogP contribution in [0, 0.1) is 0 Å². The number of fused-ring (bicyclic) bond motifs is 1. The van der Waals surface area contributed by atoms with Gasteiger partial charge >= 0.3 is 5.76 Å². The predicted molar refractivity (Wildman–Crippen MR) is 86.9 cm³/mol. The second-order valence-electron chi connectivity index (χ2n) is 5.83. The van der Waals surface area contributed by atoms with Crippen LogP contribution >= 0.6 is 0 Å². The van der Waals surface area contributed by atoms with Crippen LogP contribution in [0.1, 0.15) is 19.8 Å². The van der Waals surface area contributed by atoms with Crippen molar-refractivity contribution >= 4 is 21.1 Å². The van der Waals surface area contributed by atoms with E-state index in [1.165, 1.54) is 16.7 Å². The summed E-state index contributed by atoms with van der Waals surface area (Å²) >= 11 is 0. The molecule has 2 aromatic rings. The molecule has 1 aliphatic heterocycles. The van der Waals surface area contributed by atoms with Gasteiger partial charge < -0.3 is 4.42 Å². The lowest BCUT2D eigenvalue weighted by atomic mass is 10.2. The summed E-state index contributed by atoms with van der Waals surface area (Å²) in [5.74, 6) is -0.507. The van der Waals surface area contributed by atoms with Crippen molar-refractivity contribution in [3.63, 3.8) is 0 Å². The van der Waals surface area contributed by atoms with Crippen LogP contribution in [0.15, 0.2) is 32.3 Å². The lowest BCUT2D eigenvalue weighted by Crippen LogP contribution is -2.39.